The number of rotatable bonds is 6. The molecule has 2 aliphatic rings. The van der Waals surface area contributed by atoms with Gasteiger partial charge in [0, 0.05) is 38.4 Å². The van der Waals surface area contributed by atoms with Crippen molar-refractivity contribution in [2.24, 2.45) is 11.3 Å². The zero-order valence-electron chi connectivity index (χ0n) is 13.1. The molecule has 3 rings (SSSR count). The summed E-state index contributed by atoms with van der Waals surface area (Å²) in [6, 6.07) is 1.80. The van der Waals surface area contributed by atoms with E-state index in [9.17, 15) is 19.8 Å². The molecule has 1 aromatic heterocycles. The first-order chi connectivity index (χ1) is 11.0. The fourth-order valence-electron chi connectivity index (χ4n) is 3.43. The summed E-state index contributed by atoms with van der Waals surface area (Å²) in [4.78, 5) is 25.9. The van der Waals surface area contributed by atoms with Gasteiger partial charge in [0.2, 0.25) is 5.91 Å². The summed E-state index contributed by atoms with van der Waals surface area (Å²) in [5.74, 6) is -0.685. The maximum absolute atomic E-state index is 12.4. The molecule has 0 radical (unpaired) electrons. The van der Waals surface area contributed by atoms with E-state index in [0.717, 1.165) is 12.8 Å². The Morgan fingerprint density at radius 1 is 1.30 bits per heavy atom. The summed E-state index contributed by atoms with van der Waals surface area (Å²) >= 11 is 0. The van der Waals surface area contributed by atoms with Gasteiger partial charge in [-0.3, -0.25) is 14.3 Å². The SMILES string of the molecule is O=C(CCn1cccn1)N1CC[C@H](O)[C@](CC2CC2)(C(=O)O)C1. The van der Waals surface area contributed by atoms with Gasteiger partial charge in [0.25, 0.3) is 0 Å². The van der Waals surface area contributed by atoms with Crippen LogP contribution in [-0.4, -0.2) is 56.0 Å². The van der Waals surface area contributed by atoms with Crippen LogP contribution < -0.4 is 0 Å². The highest BCUT2D eigenvalue weighted by molar-refractivity contribution is 5.80. The first-order valence-corrected chi connectivity index (χ1v) is 8.18. The topological polar surface area (TPSA) is 95.7 Å². The Labute approximate surface area is 134 Å². The number of aliphatic carboxylic acids is 1. The van der Waals surface area contributed by atoms with Gasteiger partial charge in [0.1, 0.15) is 5.41 Å². The summed E-state index contributed by atoms with van der Waals surface area (Å²) in [6.45, 7) is 1.00. The molecule has 0 aromatic carbocycles. The van der Waals surface area contributed by atoms with Gasteiger partial charge >= 0.3 is 5.97 Å². The Balaban J connectivity index is 1.65. The van der Waals surface area contributed by atoms with Crippen molar-refractivity contribution in [2.75, 3.05) is 13.1 Å². The van der Waals surface area contributed by atoms with E-state index < -0.39 is 17.5 Å². The molecule has 0 unspecified atom stereocenters. The second kappa shape index (κ2) is 6.31. The van der Waals surface area contributed by atoms with Crippen LogP contribution in [0.5, 0.6) is 0 Å². The maximum atomic E-state index is 12.4. The molecule has 0 bridgehead atoms. The number of aliphatic hydroxyl groups is 1. The lowest BCUT2D eigenvalue weighted by Gasteiger charge is -2.43. The molecule has 0 spiro atoms. The van der Waals surface area contributed by atoms with E-state index in [0.29, 0.717) is 31.8 Å². The van der Waals surface area contributed by atoms with Crippen molar-refractivity contribution in [1.82, 2.24) is 14.7 Å². The molecule has 1 aliphatic heterocycles. The van der Waals surface area contributed by atoms with Gasteiger partial charge in [0.05, 0.1) is 6.10 Å². The van der Waals surface area contributed by atoms with Crippen LogP contribution in [0.4, 0.5) is 0 Å². The summed E-state index contributed by atoms with van der Waals surface area (Å²) in [7, 11) is 0. The van der Waals surface area contributed by atoms with E-state index in [-0.39, 0.29) is 18.9 Å². The predicted molar refractivity (Wildman–Crippen MR) is 81.5 cm³/mol. The lowest BCUT2D eigenvalue weighted by Crippen LogP contribution is -2.57. The number of hydrogen-bond donors (Lipinski definition) is 2. The number of aryl methyl sites for hydroxylation is 1. The average molecular weight is 321 g/mol. The number of likely N-dealkylation sites (tertiary alicyclic amines) is 1. The Morgan fingerprint density at radius 2 is 2.09 bits per heavy atom. The Kier molecular flexibility index (Phi) is 4.39. The highest BCUT2D eigenvalue weighted by Gasteiger charge is 2.52. The molecule has 2 atom stereocenters. The standard InChI is InChI=1S/C16H23N3O4/c20-13-4-8-18(14(21)5-9-19-7-1-6-17-19)11-16(13,15(22)23)10-12-2-3-12/h1,6-7,12-13,20H,2-5,8-11H2,(H,22,23)/t13-,16+/m0/s1. The zero-order valence-corrected chi connectivity index (χ0v) is 13.1. The molecule has 7 heteroatoms. The molecule has 1 aromatic rings. The summed E-state index contributed by atoms with van der Waals surface area (Å²) in [5, 5.41) is 24.1. The normalized spacial score (nSPS) is 27.9. The van der Waals surface area contributed by atoms with Gasteiger partial charge in [-0.25, -0.2) is 0 Å². The summed E-state index contributed by atoms with van der Waals surface area (Å²) in [6.07, 6.45) is 5.70. The van der Waals surface area contributed by atoms with Crippen molar-refractivity contribution in [3.05, 3.63) is 18.5 Å². The molecule has 2 fully saturated rings. The number of carbonyl (C=O) groups excluding carboxylic acids is 1. The van der Waals surface area contributed by atoms with Crippen LogP contribution in [0.2, 0.25) is 0 Å². The van der Waals surface area contributed by atoms with Crippen LogP contribution >= 0.6 is 0 Å². The van der Waals surface area contributed by atoms with Crippen LogP contribution in [0.25, 0.3) is 0 Å². The van der Waals surface area contributed by atoms with Crippen LogP contribution in [0.3, 0.4) is 0 Å². The fraction of sp³-hybridized carbons (Fsp3) is 0.688. The number of carbonyl (C=O) groups is 2. The Hall–Kier alpha value is -1.89. The average Bonchev–Trinajstić information content (AvgIpc) is 3.18. The Morgan fingerprint density at radius 3 is 2.70 bits per heavy atom. The minimum absolute atomic E-state index is 0.0752. The molecule has 1 saturated heterocycles. The lowest BCUT2D eigenvalue weighted by atomic mass is 9.73. The van der Waals surface area contributed by atoms with Crippen molar-refractivity contribution >= 4 is 11.9 Å². The molecule has 2 N–H and O–H groups in total. The first-order valence-electron chi connectivity index (χ1n) is 8.18. The number of amides is 1. The van der Waals surface area contributed by atoms with E-state index in [1.165, 1.54) is 0 Å². The molecular formula is C16H23N3O4. The monoisotopic (exact) mass is 321 g/mol. The molecule has 1 aliphatic carbocycles. The van der Waals surface area contributed by atoms with Gasteiger partial charge in [-0.05, 0) is 24.8 Å². The lowest BCUT2D eigenvalue weighted by molar-refractivity contribution is -0.167. The highest BCUT2D eigenvalue weighted by atomic mass is 16.4. The van der Waals surface area contributed by atoms with E-state index >= 15 is 0 Å². The van der Waals surface area contributed by atoms with Crippen LogP contribution in [-0.2, 0) is 16.1 Å². The van der Waals surface area contributed by atoms with Gasteiger partial charge < -0.3 is 15.1 Å². The quantitative estimate of drug-likeness (QED) is 0.805. The Bertz CT molecular complexity index is 570. The van der Waals surface area contributed by atoms with Crippen LogP contribution in [0.1, 0.15) is 32.1 Å². The third kappa shape index (κ3) is 3.39. The van der Waals surface area contributed by atoms with Gasteiger partial charge in [-0.15, -0.1) is 0 Å². The molecular weight excluding hydrogens is 298 g/mol. The zero-order chi connectivity index (χ0) is 16.4. The van der Waals surface area contributed by atoms with Crippen molar-refractivity contribution < 1.29 is 19.8 Å². The summed E-state index contributed by atoms with van der Waals surface area (Å²) in [5.41, 5.74) is -1.21. The van der Waals surface area contributed by atoms with E-state index in [1.54, 1.807) is 28.0 Å². The minimum atomic E-state index is -1.21. The molecule has 23 heavy (non-hydrogen) atoms. The third-order valence-corrected chi connectivity index (χ3v) is 5.03. The number of aliphatic hydroxyl groups excluding tert-OH is 1. The van der Waals surface area contributed by atoms with Crippen LogP contribution in [0.15, 0.2) is 18.5 Å². The van der Waals surface area contributed by atoms with Crippen LogP contribution in [0, 0.1) is 11.3 Å². The van der Waals surface area contributed by atoms with E-state index in [2.05, 4.69) is 5.10 Å². The molecule has 1 saturated carbocycles. The van der Waals surface area contributed by atoms with Gasteiger partial charge in [0.15, 0.2) is 0 Å². The van der Waals surface area contributed by atoms with E-state index in [1.807, 2.05) is 0 Å². The first kappa shape index (κ1) is 16.0. The van der Waals surface area contributed by atoms with Gasteiger partial charge in [-0.1, -0.05) is 12.8 Å². The smallest absolute Gasteiger partial charge is 0.314 e. The minimum Gasteiger partial charge on any atom is -0.481 e. The second-order valence-electron chi connectivity index (χ2n) is 6.75. The molecule has 1 amide bonds. The number of nitrogens with zero attached hydrogens (tertiary/aromatic N) is 3. The second-order valence-corrected chi connectivity index (χ2v) is 6.75. The highest BCUT2D eigenvalue weighted by Crippen LogP contribution is 2.45. The number of carboxylic acids is 1. The molecule has 126 valence electrons. The molecule has 7 nitrogen and oxygen atoms in total. The number of carboxylic acid groups (broad SMARTS) is 1. The van der Waals surface area contributed by atoms with Gasteiger partial charge in [-0.2, -0.15) is 5.10 Å². The number of aromatic nitrogens is 2. The third-order valence-electron chi connectivity index (χ3n) is 5.03. The predicted octanol–water partition coefficient (Wildman–Crippen LogP) is 0.738. The number of piperidine rings is 1. The fourth-order valence-corrected chi connectivity index (χ4v) is 3.43. The number of hydrogen-bond acceptors (Lipinski definition) is 4. The van der Waals surface area contributed by atoms with Crippen molar-refractivity contribution in [1.29, 1.82) is 0 Å². The van der Waals surface area contributed by atoms with E-state index in [4.69, 9.17) is 0 Å². The molecule has 2 heterocycles. The van der Waals surface area contributed by atoms with Crippen molar-refractivity contribution in [2.45, 2.75) is 44.8 Å². The maximum Gasteiger partial charge on any atom is 0.314 e. The largest absolute Gasteiger partial charge is 0.481 e. The van der Waals surface area contributed by atoms with Crippen molar-refractivity contribution in [3.63, 3.8) is 0 Å². The van der Waals surface area contributed by atoms with Crippen molar-refractivity contribution in [3.8, 4) is 0 Å². The summed E-state index contributed by atoms with van der Waals surface area (Å²) < 4.78 is 1.69.